The van der Waals surface area contributed by atoms with Crippen LogP contribution < -0.4 is 11.1 Å². The molecule has 3 fully saturated rings. The van der Waals surface area contributed by atoms with Gasteiger partial charge in [0.05, 0.1) is 11.6 Å². The average Bonchev–Trinajstić information content (AvgIpc) is 3.31. The summed E-state index contributed by atoms with van der Waals surface area (Å²) in [6, 6.07) is -0.171. The molecule has 2 aliphatic carbocycles. The van der Waals surface area contributed by atoms with Crippen molar-refractivity contribution < 1.29 is 9.59 Å². The Morgan fingerprint density at radius 2 is 2.17 bits per heavy atom. The molecule has 1 aromatic heterocycles. The molecule has 2 heterocycles. The molecule has 0 radical (unpaired) electrons. The van der Waals surface area contributed by atoms with Gasteiger partial charge in [-0.05, 0) is 43.9 Å². The third kappa shape index (κ3) is 3.01. The molecular weight excluding hydrogens is 324 g/mol. The molecule has 130 valence electrons. The summed E-state index contributed by atoms with van der Waals surface area (Å²) in [5.41, 5.74) is 6.53. The molecule has 2 saturated carbocycles. The van der Waals surface area contributed by atoms with E-state index in [4.69, 9.17) is 5.73 Å². The van der Waals surface area contributed by atoms with E-state index in [0.717, 1.165) is 30.4 Å². The predicted octanol–water partition coefficient (Wildman–Crippen LogP) is 2.78. The third-order valence-corrected chi connectivity index (χ3v) is 6.74. The summed E-state index contributed by atoms with van der Waals surface area (Å²) in [5, 5.41) is 5.67. The van der Waals surface area contributed by atoms with Crippen LogP contribution in [-0.4, -0.2) is 34.9 Å². The van der Waals surface area contributed by atoms with Gasteiger partial charge in [0.2, 0.25) is 5.91 Å². The second kappa shape index (κ2) is 6.35. The quantitative estimate of drug-likeness (QED) is 0.880. The van der Waals surface area contributed by atoms with Gasteiger partial charge in [-0.25, -0.2) is 9.78 Å². The highest BCUT2D eigenvalue weighted by molar-refractivity contribution is 7.13. The Labute approximate surface area is 145 Å². The number of urea groups is 1. The van der Waals surface area contributed by atoms with Crippen molar-refractivity contribution in [1.82, 2.24) is 9.88 Å². The van der Waals surface area contributed by atoms with Crippen LogP contribution in [0.25, 0.3) is 0 Å². The lowest BCUT2D eigenvalue weighted by Gasteiger charge is -2.30. The van der Waals surface area contributed by atoms with Crippen LogP contribution in [0.3, 0.4) is 0 Å². The molecular formula is C17H24N4O2S. The second-order valence-electron chi connectivity index (χ2n) is 7.48. The van der Waals surface area contributed by atoms with Crippen LogP contribution in [-0.2, 0) is 4.79 Å². The standard InChI is InChI=1S/C17H24N4O2S/c18-15(22)12-2-1-5-21(8-12)17(23)20-16-19-14(9-24-16)13-7-10-3-4-11(13)6-10/h9-13H,1-8H2,(H2,18,22)(H,19,20,23)/t10-,11-,12+,13-/m0/s1. The number of nitrogens with one attached hydrogen (secondary N) is 1. The summed E-state index contributed by atoms with van der Waals surface area (Å²) in [6.07, 6.45) is 6.90. The fourth-order valence-electron chi connectivity index (χ4n) is 4.69. The summed E-state index contributed by atoms with van der Waals surface area (Å²) in [7, 11) is 0. The van der Waals surface area contributed by atoms with Gasteiger partial charge >= 0.3 is 6.03 Å². The number of fused-ring (bicyclic) bond motifs is 2. The van der Waals surface area contributed by atoms with Crippen molar-refractivity contribution >= 4 is 28.4 Å². The van der Waals surface area contributed by atoms with E-state index >= 15 is 0 Å². The number of primary amides is 1. The number of hydrogen-bond acceptors (Lipinski definition) is 4. The van der Waals surface area contributed by atoms with E-state index in [0.29, 0.717) is 24.1 Å². The second-order valence-corrected chi connectivity index (χ2v) is 8.33. The van der Waals surface area contributed by atoms with E-state index in [1.54, 1.807) is 4.90 Å². The zero-order valence-electron chi connectivity index (χ0n) is 13.7. The first kappa shape index (κ1) is 15.9. The highest BCUT2D eigenvalue weighted by Crippen LogP contribution is 2.52. The van der Waals surface area contributed by atoms with Crippen LogP contribution in [0.15, 0.2) is 5.38 Å². The number of amides is 3. The fourth-order valence-corrected chi connectivity index (χ4v) is 5.45. The molecule has 0 unspecified atom stereocenters. The van der Waals surface area contributed by atoms with Crippen molar-refractivity contribution in [1.29, 1.82) is 0 Å². The number of carbonyl (C=O) groups is 2. The van der Waals surface area contributed by atoms with Crippen molar-refractivity contribution in [2.75, 3.05) is 18.4 Å². The van der Waals surface area contributed by atoms with Crippen molar-refractivity contribution in [3.8, 4) is 0 Å². The molecule has 3 aliphatic rings. The largest absolute Gasteiger partial charge is 0.369 e. The van der Waals surface area contributed by atoms with Gasteiger partial charge in [-0.15, -0.1) is 11.3 Å². The Bertz CT molecular complexity index is 646. The van der Waals surface area contributed by atoms with Crippen LogP contribution in [0, 0.1) is 17.8 Å². The molecule has 0 spiro atoms. The lowest BCUT2D eigenvalue weighted by molar-refractivity contribution is -0.123. The van der Waals surface area contributed by atoms with E-state index in [1.807, 2.05) is 0 Å². The molecule has 1 aromatic rings. The number of nitrogens with zero attached hydrogens (tertiary/aromatic N) is 2. The van der Waals surface area contributed by atoms with Gasteiger partial charge in [0.1, 0.15) is 0 Å². The van der Waals surface area contributed by atoms with Gasteiger partial charge in [-0.1, -0.05) is 6.42 Å². The minimum absolute atomic E-state index is 0.171. The number of anilines is 1. The monoisotopic (exact) mass is 348 g/mol. The molecule has 3 N–H and O–H groups in total. The maximum absolute atomic E-state index is 12.4. The minimum atomic E-state index is -0.319. The lowest BCUT2D eigenvalue weighted by atomic mass is 9.87. The molecule has 7 heteroatoms. The van der Waals surface area contributed by atoms with E-state index in [-0.39, 0.29) is 17.9 Å². The van der Waals surface area contributed by atoms with Crippen molar-refractivity contribution in [2.24, 2.45) is 23.5 Å². The molecule has 3 amide bonds. The summed E-state index contributed by atoms with van der Waals surface area (Å²) in [6.45, 7) is 1.08. The fraction of sp³-hybridized carbons (Fsp3) is 0.706. The normalized spacial score (nSPS) is 32.1. The topological polar surface area (TPSA) is 88.3 Å². The van der Waals surface area contributed by atoms with Gasteiger partial charge in [-0.3, -0.25) is 10.1 Å². The molecule has 4 atom stereocenters. The van der Waals surface area contributed by atoms with Gasteiger partial charge in [-0.2, -0.15) is 0 Å². The van der Waals surface area contributed by atoms with Gasteiger partial charge in [0.15, 0.2) is 5.13 Å². The average molecular weight is 348 g/mol. The van der Waals surface area contributed by atoms with Crippen LogP contribution >= 0.6 is 11.3 Å². The first-order chi connectivity index (χ1) is 11.6. The Morgan fingerprint density at radius 1 is 1.29 bits per heavy atom. The molecule has 1 saturated heterocycles. The van der Waals surface area contributed by atoms with Crippen LogP contribution in [0.1, 0.15) is 50.1 Å². The number of hydrogen-bond donors (Lipinski definition) is 2. The van der Waals surface area contributed by atoms with Crippen molar-refractivity contribution in [3.63, 3.8) is 0 Å². The Hall–Kier alpha value is -1.63. The SMILES string of the molecule is NC(=O)[C@@H]1CCCN(C(=O)Nc2nc([C@H]3C[C@H]4CC[C@H]3C4)cs2)C1. The molecule has 6 nitrogen and oxygen atoms in total. The summed E-state index contributed by atoms with van der Waals surface area (Å²) in [5.74, 6) is 1.71. The maximum atomic E-state index is 12.4. The van der Waals surface area contributed by atoms with Crippen molar-refractivity contribution in [3.05, 3.63) is 11.1 Å². The van der Waals surface area contributed by atoms with E-state index in [1.165, 1.54) is 37.0 Å². The first-order valence-electron chi connectivity index (χ1n) is 8.91. The van der Waals surface area contributed by atoms with Crippen LogP contribution in [0.5, 0.6) is 0 Å². The van der Waals surface area contributed by atoms with Gasteiger partial charge < -0.3 is 10.6 Å². The lowest BCUT2D eigenvalue weighted by Crippen LogP contribution is -2.45. The van der Waals surface area contributed by atoms with E-state index in [9.17, 15) is 9.59 Å². The zero-order valence-corrected chi connectivity index (χ0v) is 14.6. The number of piperidine rings is 1. The number of likely N-dealkylation sites (tertiary alicyclic amines) is 1. The molecule has 1 aliphatic heterocycles. The number of thiazole rings is 1. The number of aromatic nitrogens is 1. The Balaban J connectivity index is 1.37. The molecule has 4 rings (SSSR count). The van der Waals surface area contributed by atoms with Crippen LogP contribution in [0.4, 0.5) is 9.93 Å². The summed E-state index contributed by atoms with van der Waals surface area (Å²) >= 11 is 1.50. The molecule has 2 bridgehead atoms. The third-order valence-electron chi connectivity index (χ3n) is 5.96. The highest BCUT2D eigenvalue weighted by atomic mass is 32.1. The van der Waals surface area contributed by atoms with E-state index in [2.05, 4.69) is 15.7 Å². The maximum Gasteiger partial charge on any atom is 0.323 e. The minimum Gasteiger partial charge on any atom is -0.369 e. The molecule has 0 aromatic carbocycles. The predicted molar refractivity (Wildman–Crippen MR) is 92.8 cm³/mol. The van der Waals surface area contributed by atoms with Crippen LogP contribution in [0.2, 0.25) is 0 Å². The number of rotatable bonds is 3. The number of nitrogens with two attached hydrogens (primary N) is 1. The zero-order chi connectivity index (χ0) is 16.7. The highest BCUT2D eigenvalue weighted by Gasteiger charge is 2.41. The smallest absolute Gasteiger partial charge is 0.323 e. The van der Waals surface area contributed by atoms with Gasteiger partial charge in [0.25, 0.3) is 0 Å². The van der Waals surface area contributed by atoms with E-state index < -0.39 is 0 Å². The summed E-state index contributed by atoms with van der Waals surface area (Å²) in [4.78, 5) is 30.1. The Kier molecular flexibility index (Phi) is 4.20. The number of carbonyl (C=O) groups excluding carboxylic acids is 2. The van der Waals surface area contributed by atoms with Gasteiger partial charge in [0, 0.05) is 24.4 Å². The summed E-state index contributed by atoms with van der Waals surface area (Å²) < 4.78 is 0. The van der Waals surface area contributed by atoms with Crippen molar-refractivity contribution in [2.45, 2.75) is 44.4 Å². The molecule has 24 heavy (non-hydrogen) atoms. The first-order valence-corrected chi connectivity index (χ1v) is 9.79. The Morgan fingerprint density at radius 3 is 2.88 bits per heavy atom.